The molecule has 15 heavy (non-hydrogen) atoms. The van der Waals surface area contributed by atoms with Crippen LogP contribution < -0.4 is 5.32 Å². The lowest BCUT2D eigenvalue weighted by molar-refractivity contribution is 0.361. The van der Waals surface area contributed by atoms with Crippen molar-refractivity contribution in [3.8, 4) is 0 Å². The molecule has 1 aromatic heterocycles. The first-order valence-corrected chi connectivity index (χ1v) is 5.66. The predicted octanol–water partition coefficient (Wildman–Crippen LogP) is 1.94. The van der Waals surface area contributed by atoms with Crippen LogP contribution in [0.5, 0.6) is 0 Å². The van der Waals surface area contributed by atoms with Gasteiger partial charge in [-0.05, 0) is 46.0 Å². The molecule has 0 aliphatic carbocycles. The molecule has 1 aliphatic rings. The van der Waals surface area contributed by atoms with E-state index in [1.807, 2.05) is 13.0 Å². The first-order valence-electron chi connectivity index (χ1n) is 5.66. The zero-order chi connectivity index (χ0) is 10.8. The van der Waals surface area contributed by atoms with Gasteiger partial charge in [0.05, 0.1) is 6.04 Å². The summed E-state index contributed by atoms with van der Waals surface area (Å²) >= 11 is 0. The van der Waals surface area contributed by atoms with E-state index in [1.54, 1.807) is 0 Å². The SMILES string of the molecule is Cc1ccc([C@H](C)N[C@H]2CCN(C)C2)o1. The van der Waals surface area contributed by atoms with Gasteiger partial charge in [-0.2, -0.15) is 0 Å². The fraction of sp³-hybridized carbons (Fsp3) is 0.667. The van der Waals surface area contributed by atoms with Gasteiger partial charge in [0, 0.05) is 12.6 Å². The summed E-state index contributed by atoms with van der Waals surface area (Å²) in [6.45, 7) is 6.49. The smallest absolute Gasteiger partial charge is 0.120 e. The molecule has 0 bridgehead atoms. The molecule has 1 N–H and O–H groups in total. The Balaban J connectivity index is 1.89. The van der Waals surface area contributed by atoms with Crippen LogP contribution in [0.4, 0.5) is 0 Å². The van der Waals surface area contributed by atoms with E-state index in [9.17, 15) is 0 Å². The summed E-state index contributed by atoms with van der Waals surface area (Å²) in [6.07, 6.45) is 1.24. The number of nitrogens with one attached hydrogen (secondary N) is 1. The summed E-state index contributed by atoms with van der Waals surface area (Å²) in [5, 5.41) is 3.60. The number of rotatable bonds is 3. The van der Waals surface area contributed by atoms with Crippen LogP contribution in [0.25, 0.3) is 0 Å². The van der Waals surface area contributed by atoms with Gasteiger partial charge in [0.15, 0.2) is 0 Å². The summed E-state index contributed by atoms with van der Waals surface area (Å²) in [4.78, 5) is 2.36. The topological polar surface area (TPSA) is 28.4 Å². The minimum atomic E-state index is 0.315. The Morgan fingerprint density at radius 1 is 1.53 bits per heavy atom. The Morgan fingerprint density at radius 3 is 2.87 bits per heavy atom. The molecule has 3 heteroatoms. The quantitative estimate of drug-likeness (QED) is 0.823. The number of nitrogens with zero attached hydrogens (tertiary/aromatic N) is 1. The predicted molar refractivity (Wildman–Crippen MR) is 60.9 cm³/mol. The number of furan rings is 1. The maximum absolute atomic E-state index is 5.61. The maximum Gasteiger partial charge on any atom is 0.120 e. The van der Waals surface area contributed by atoms with E-state index in [1.165, 1.54) is 13.0 Å². The van der Waals surface area contributed by atoms with Gasteiger partial charge in [0.1, 0.15) is 11.5 Å². The molecule has 0 saturated carbocycles. The van der Waals surface area contributed by atoms with Crippen molar-refractivity contribution >= 4 is 0 Å². The van der Waals surface area contributed by atoms with Crippen LogP contribution in [0, 0.1) is 6.92 Å². The van der Waals surface area contributed by atoms with Crippen molar-refractivity contribution < 1.29 is 4.42 Å². The monoisotopic (exact) mass is 208 g/mol. The minimum Gasteiger partial charge on any atom is -0.465 e. The first kappa shape index (κ1) is 10.7. The molecule has 1 saturated heterocycles. The van der Waals surface area contributed by atoms with E-state index in [0.717, 1.165) is 18.1 Å². The molecule has 1 aliphatic heterocycles. The zero-order valence-electron chi connectivity index (χ0n) is 9.79. The fourth-order valence-electron chi connectivity index (χ4n) is 2.19. The van der Waals surface area contributed by atoms with E-state index in [2.05, 4.69) is 30.3 Å². The van der Waals surface area contributed by atoms with Gasteiger partial charge in [0.2, 0.25) is 0 Å². The number of hydrogen-bond donors (Lipinski definition) is 1. The fourth-order valence-corrected chi connectivity index (χ4v) is 2.19. The van der Waals surface area contributed by atoms with Crippen molar-refractivity contribution in [3.05, 3.63) is 23.7 Å². The molecule has 0 amide bonds. The Bertz CT molecular complexity index is 321. The van der Waals surface area contributed by atoms with E-state index in [-0.39, 0.29) is 0 Å². The summed E-state index contributed by atoms with van der Waals surface area (Å²) in [7, 11) is 2.17. The highest BCUT2D eigenvalue weighted by atomic mass is 16.3. The lowest BCUT2D eigenvalue weighted by Crippen LogP contribution is -2.33. The molecule has 2 heterocycles. The summed E-state index contributed by atoms with van der Waals surface area (Å²) < 4.78 is 5.61. The van der Waals surface area contributed by atoms with Crippen molar-refractivity contribution in [1.29, 1.82) is 0 Å². The molecule has 0 radical (unpaired) electrons. The van der Waals surface area contributed by atoms with Gasteiger partial charge in [0.25, 0.3) is 0 Å². The molecule has 1 aromatic rings. The maximum atomic E-state index is 5.61. The van der Waals surface area contributed by atoms with Crippen LogP contribution in [0.1, 0.15) is 30.9 Å². The molecular weight excluding hydrogens is 188 g/mol. The molecule has 1 fully saturated rings. The van der Waals surface area contributed by atoms with E-state index in [0.29, 0.717) is 12.1 Å². The minimum absolute atomic E-state index is 0.315. The third kappa shape index (κ3) is 2.61. The number of likely N-dealkylation sites (tertiary alicyclic amines) is 1. The lowest BCUT2D eigenvalue weighted by Gasteiger charge is -2.17. The largest absolute Gasteiger partial charge is 0.465 e. The second kappa shape index (κ2) is 4.37. The highest BCUT2D eigenvalue weighted by Crippen LogP contribution is 2.18. The summed E-state index contributed by atoms with van der Waals surface area (Å²) in [5.41, 5.74) is 0. The van der Waals surface area contributed by atoms with E-state index in [4.69, 9.17) is 4.42 Å². The van der Waals surface area contributed by atoms with E-state index >= 15 is 0 Å². The zero-order valence-corrected chi connectivity index (χ0v) is 9.79. The standard InChI is InChI=1S/C12H20N2O/c1-9-4-5-12(15-9)10(2)13-11-6-7-14(3)8-11/h4-5,10-11,13H,6-8H2,1-3H3/t10-,11-/m0/s1. The average Bonchev–Trinajstić information content (AvgIpc) is 2.75. The highest BCUT2D eigenvalue weighted by molar-refractivity contribution is 5.09. The second-order valence-corrected chi connectivity index (χ2v) is 4.58. The average molecular weight is 208 g/mol. The van der Waals surface area contributed by atoms with E-state index < -0.39 is 0 Å². The van der Waals surface area contributed by atoms with Gasteiger partial charge < -0.3 is 14.6 Å². The number of likely N-dealkylation sites (N-methyl/N-ethyl adjacent to an activating group) is 1. The Hall–Kier alpha value is -0.800. The van der Waals surface area contributed by atoms with Crippen LogP contribution in [-0.4, -0.2) is 31.1 Å². The van der Waals surface area contributed by atoms with Crippen molar-refractivity contribution in [2.45, 2.75) is 32.4 Å². The summed E-state index contributed by atoms with van der Waals surface area (Å²) in [6, 6.07) is 5.01. The normalized spacial score (nSPS) is 24.6. The Morgan fingerprint density at radius 2 is 2.33 bits per heavy atom. The number of hydrogen-bond acceptors (Lipinski definition) is 3. The summed E-state index contributed by atoms with van der Waals surface area (Å²) in [5.74, 6) is 2.03. The van der Waals surface area contributed by atoms with Crippen molar-refractivity contribution in [2.24, 2.45) is 0 Å². The number of aryl methyl sites for hydroxylation is 1. The van der Waals surface area contributed by atoms with Gasteiger partial charge in [-0.25, -0.2) is 0 Å². The highest BCUT2D eigenvalue weighted by Gasteiger charge is 2.22. The molecule has 0 aromatic carbocycles. The van der Waals surface area contributed by atoms with Gasteiger partial charge >= 0.3 is 0 Å². The second-order valence-electron chi connectivity index (χ2n) is 4.58. The molecule has 0 unspecified atom stereocenters. The van der Waals surface area contributed by atoms with Gasteiger partial charge in [-0.15, -0.1) is 0 Å². The van der Waals surface area contributed by atoms with Crippen LogP contribution in [0.2, 0.25) is 0 Å². The van der Waals surface area contributed by atoms with Gasteiger partial charge in [-0.3, -0.25) is 0 Å². The molecule has 2 rings (SSSR count). The van der Waals surface area contributed by atoms with Crippen molar-refractivity contribution in [1.82, 2.24) is 10.2 Å². The lowest BCUT2D eigenvalue weighted by atomic mass is 10.2. The van der Waals surface area contributed by atoms with Crippen LogP contribution in [0.15, 0.2) is 16.5 Å². The molecule has 2 atom stereocenters. The molecule has 0 spiro atoms. The Labute approximate surface area is 91.4 Å². The van der Waals surface area contributed by atoms with Gasteiger partial charge in [-0.1, -0.05) is 0 Å². The van der Waals surface area contributed by atoms with Crippen molar-refractivity contribution in [3.63, 3.8) is 0 Å². The molecular formula is C12H20N2O. The first-order chi connectivity index (χ1) is 7.15. The molecule has 3 nitrogen and oxygen atoms in total. The molecule has 84 valence electrons. The Kier molecular flexibility index (Phi) is 3.12. The third-order valence-corrected chi connectivity index (χ3v) is 3.06. The van der Waals surface area contributed by atoms with Crippen LogP contribution >= 0.6 is 0 Å². The van der Waals surface area contributed by atoms with Crippen LogP contribution in [-0.2, 0) is 0 Å². The van der Waals surface area contributed by atoms with Crippen molar-refractivity contribution in [2.75, 3.05) is 20.1 Å². The third-order valence-electron chi connectivity index (χ3n) is 3.06. The van der Waals surface area contributed by atoms with Crippen LogP contribution in [0.3, 0.4) is 0 Å².